The highest BCUT2D eigenvalue weighted by molar-refractivity contribution is 7.92. The Morgan fingerprint density at radius 3 is 2.30 bits per heavy atom. The van der Waals surface area contributed by atoms with Crippen molar-refractivity contribution in [3.8, 4) is 5.75 Å². The van der Waals surface area contributed by atoms with Gasteiger partial charge in [0.25, 0.3) is 0 Å². The van der Waals surface area contributed by atoms with Gasteiger partial charge < -0.3 is 4.74 Å². The van der Waals surface area contributed by atoms with E-state index < -0.39 is 37.9 Å². The maximum absolute atomic E-state index is 13.6. The van der Waals surface area contributed by atoms with E-state index in [1.54, 1.807) is 12.1 Å². The molecule has 0 saturated carbocycles. The summed E-state index contributed by atoms with van der Waals surface area (Å²) in [6, 6.07) is 8.06. The van der Waals surface area contributed by atoms with Gasteiger partial charge in [-0.2, -0.15) is 0 Å². The van der Waals surface area contributed by atoms with Gasteiger partial charge in [-0.1, -0.05) is 0 Å². The monoisotopic (exact) mass is 340 g/mol. The zero-order valence-electron chi connectivity index (χ0n) is 12.3. The highest BCUT2D eigenvalue weighted by Crippen LogP contribution is 2.19. The average Bonchev–Trinajstić information content (AvgIpc) is 2.47. The van der Waals surface area contributed by atoms with Crippen LogP contribution in [0.15, 0.2) is 47.4 Å². The fraction of sp³-hybridized carbons (Fsp3) is 0.188. The smallest absolute Gasteiger partial charge is 0.188 e. The maximum atomic E-state index is 13.6. The Balaban J connectivity index is 2.21. The predicted molar refractivity (Wildman–Crippen MR) is 80.4 cm³/mol. The molecule has 2 aromatic rings. The van der Waals surface area contributed by atoms with Crippen LogP contribution < -0.4 is 4.74 Å². The minimum Gasteiger partial charge on any atom is -0.494 e. The second kappa shape index (κ2) is 6.87. The summed E-state index contributed by atoms with van der Waals surface area (Å²) < 4.78 is 55.9. The maximum Gasteiger partial charge on any atom is 0.188 e. The summed E-state index contributed by atoms with van der Waals surface area (Å²) in [4.78, 5) is 11.4. The molecular weight excluding hydrogens is 326 g/mol. The minimum atomic E-state index is -4.20. The number of Topliss-reactive ketones (excluding diaryl/α,β-unsaturated/α-hetero) is 1. The van der Waals surface area contributed by atoms with Crippen LogP contribution in [0.2, 0.25) is 0 Å². The Kier molecular flexibility index (Phi) is 5.10. The molecular formula is C16H14F2O4S. The third-order valence-electron chi connectivity index (χ3n) is 3.04. The molecule has 0 aromatic heterocycles. The minimum absolute atomic E-state index is 0.166. The van der Waals surface area contributed by atoms with Crippen molar-refractivity contribution < 1.29 is 26.7 Å². The number of hydrogen-bond acceptors (Lipinski definition) is 4. The van der Waals surface area contributed by atoms with Gasteiger partial charge in [0, 0.05) is 11.6 Å². The first kappa shape index (κ1) is 17.1. The number of halogens is 2. The number of rotatable bonds is 6. The molecule has 0 saturated heterocycles. The number of carbonyl (C=O) groups is 1. The second-order valence-electron chi connectivity index (χ2n) is 4.71. The van der Waals surface area contributed by atoms with E-state index in [0.717, 1.165) is 12.1 Å². The Bertz CT molecular complexity index is 814. The van der Waals surface area contributed by atoms with E-state index >= 15 is 0 Å². The van der Waals surface area contributed by atoms with E-state index in [1.165, 1.54) is 12.1 Å². The molecule has 0 spiro atoms. The summed E-state index contributed by atoms with van der Waals surface area (Å²) in [7, 11) is -4.20. The number of ether oxygens (including phenoxy) is 1. The van der Waals surface area contributed by atoms with Crippen LogP contribution in [0.1, 0.15) is 17.3 Å². The molecule has 2 rings (SSSR count). The second-order valence-corrected chi connectivity index (χ2v) is 6.67. The van der Waals surface area contributed by atoms with E-state index in [-0.39, 0.29) is 5.56 Å². The first-order valence-corrected chi connectivity index (χ1v) is 8.42. The summed E-state index contributed by atoms with van der Waals surface area (Å²) in [6.07, 6.45) is 0. The molecule has 2 aromatic carbocycles. The number of sulfone groups is 1. The van der Waals surface area contributed by atoms with Crippen LogP contribution in [-0.2, 0) is 9.84 Å². The van der Waals surface area contributed by atoms with Crippen LogP contribution in [0.3, 0.4) is 0 Å². The SMILES string of the molecule is CCOc1ccc(C(=O)CS(=O)(=O)c2ccc(F)cc2F)cc1. The summed E-state index contributed by atoms with van der Waals surface area (Å²) in [5.74, 6) is -3.14. The van der Waals surface area contributed by atoms with Gasteiger partial charge in [0.2, 0.25) is 0 Å². The number of ketones is 1. The fourth-order valence-corrected chi connectivity index (χ4v) is 3.26. The molecule has 0 amide bonds. The van der Waals surface area contributed by atoms with Gasteiger partial charge in [-0.25, -0.2) is 17.2 Å². The number of hydrogen-bond donors (Lipinski definition) is 0. The van der Waals surface area contributed by atoms with Gasteiger partial charge in [0.1, 0.15) is 28.0 Å². The van der Waals surface area contributed by atoms with Crippen molar-refractivity contribution in [2.45, 2.75) is 11.8 Å². The topological polar surface area (TPSA) is 60.4 Å². The van der Waals surface area contributed by atoms with Crippen molar-refractivity contribution in [3.63, 3.8) is 0 Å². The zero-order valence-corrected chi connectivity index (χ0v) is 13.1. The average molecular weight is 340 g/mol. The molecule has 0 atom stereocenters. The van der Waals surface area contributed by atoms with Crippen molar-refractivity contribution in [3.05, 3.63) is 59.7 Å². The van der Waals surface area contributed by atoms with Gasteiger partial charge in [-0.3, -0.25) is 4.79 Å². The molecule has 23 heavy (non-hydrogen) atoms. The fourth-order valence-electron chi connectivity index (χ4n) is 1.96. The first-order chi connectivity index (χ1) is 10.8. The van der Waals surface area contributed by atoms with Crippen LogP contribution in [-0.4, -0.2) is 26.6 Å². The molecule has 0 N–H and O–H groups in total. The van der Waals surface area contributed by atoms with Gasteiger partial charge in [-0.05, 0) is 43.3 Å². The Hall–Kier alpha value is -2.28. The third-order valence-corrected chi connectivity index (χ3v) is 4.68. The van der Waals surface area contributed by atoms with E-state index in [0.29, 0.717) is 18.4 Å². The molecule has 0 unspecified atom stereocenters. The lowest BCUT2D eigenvalue weighted by atomic mass is 10.1. The standard InChI is InChI=1S/C16H14F2O4S/c1-2-22-13-6-3-11(4-7-13)15(19)10-23(20,21)16-8-5-12(17)9-14(16)18/h3-9H,2,10H2,1H3. The van der Waals surface area contributed by atoms with Crippen molar-refractivity contribution in [2.24, 2.45) is 0 Å². The molecule has 4 nitrogen and oxygen atoms in total. The molecule has 0 heterocycles. The lowest BCUT2D eigenvalue weighted by Crippen LogP contribution is -2.17. The number of carbonyl (C=O) groups excluding carboxylic acids is 1. The van der Waals surface area contributed by atoms with Crippen LogP contribution in [0, 0.1) is 11.6 Å². The summed E-state index contributed by atoms with van der Waals surface area (Å²) in [5.41, 5.74) is 0.166. The van der Waals surface area contributed by atoms with Crippen LogP contribution in [0.25, 0.3) is 0 Å². The Labute approximate surface area is 132 Å². The van der Waals surface area contributed by atoms with Crippen molar-refractivity contribution in [1.82, 2.24) is 0 Å². The quantitative estimate of drug-likeness (QED) is 0.599. The molecule has 0 aliphatic carbocycles. The molecule has 0 bridgehead atoms. The zero-order chi connectivity index (χ0) is 17.0. The predicted octanol–water partition coefficient (Wildman–Crippen LogP) is 3.02. The van der Waals surface area contributed by atoms with Crippen LogP contribution in [0.5, 0.6) is 5.75 Å². The lowest BCUT2D eigenvalue weighted by molar-refractivity contribution is 0.102. The van der Waals surface area contributed by atoms with E-state index in [1.807, 2.05) is 6.92 Å². The highest BCUT2D eigenvalue weighted by atomic mass is 32.2. The first-order valence-electron chi connectivity index (χ1n) is 6.77. The van der Waals surface area contributed by atoms with Crippen molar-refractivity contribution in [1.29, 1.82) is 0 Å². The van der Waals surface area contributed by atoms with Gasteiger partial charge in [0.15, 0.2) is 15.6 Å². The van der Waals surface area contributed by atoms with E-state index in [9.17, 15) is 22.0 Å². The summed E-state index contributed by atoms with van der Waals surface area (Å²) in [6.45, 7) is 2.27. The van der Waals surface area contributed by atoms with Gasteiger partial charge in [-0.15, -0.1) is 0 Å². The Morgan fingerprint density at radius 2 is 1.74 bits per heavy atom. The normalized spacial score (nSPS) is 11.3. The van der Waals surface area contributed by atoms with Crippen molar-refractivity contribution >= 4 is 15.6 Å². The lowest BCUT2D eigenvalue weighted by Gasteiger charge is -2.07. The molecule has 122 valence electrons. The molecule has 0 aliphatic heterocycles. The molecule has 7 heteroatoms. The molecule has 0 radical (unpaired) electrons. The molecule has 0 aliphatic rings. The molecule has 0 fully saturated rings. The Morgan fingerprint density at radius 1 is 1.09 bits per heavy atom. The van der Waals surface area contributed by atoms with Crippen molar-refractivity contribution in [2.75, 3.05) is 12.4 Å². The van der Waals surface area contributed by atoms with Gasteiger partial charge >= 0.3 is 0 Å². The van der Waals surface area contributed by atoms with E-state index in [2.05, 4.69) is 0 Å². The van der Waals surface area contributed by atoms with Gasteiger partial charge in [0.05, 0.1) is 6.61 Å². The third kappa shape index (κ3) is 4.13. The summed E-state index contributed by atoms with van der Waals surface area (Å²) in [5, 5.41) is 0. The highest BCUT2D eigenvalue weighted by Gasteiger charge is 2.24. The van der Waals surface area contributed by atoms with E-state index in [4.69, 9.17) is 4.74 Å². The largest absolute Gasteiger partial charge is 0.494 e. The summed E-state index contributed by atoms with van der Waals surface area (Å²) >= 11 is 0. The van der Waals surface area contributed by atoms with Crippen LogP contribution >= 0.6 is 0 Å². The van der Waals surface area contributed by atoms with Crippen LogP contribution in [0.4, 0.5) is 8.78 Å². The number of benzene rings is 2.